The van der Waals surface area contributed by atoms with Crippen LogP contribution in [0.4, 0.5) is 0 Å². The lowest BCUT2D eigenvalue weighted by Gasteiger charge is -2.62. The van der Waals surface area contributed by atoms with E-state index >= 15 is 0 Å². The minimum atomic E-state index is 0.589. The molecule has 0 amide bonds. The highest BCUT2D eigenvalue weighted by Gasteiger charge is 2.53. The second kappa shape index (κ2) is 7.31. The molecule has 1 saturated carbocycles. The first-order valence-electron chi connectivity index (χ1n) is 11.3. The quantitative estimate of drug-likeness (QED) is 0.724. The Morgan fingerprint density at radius 2 is 1.57 bits per heavy atom. The lowest BCUT2D eigenvalue weighted by Crippen LogP contribution is -2.59. The van der Waals surface area contributed by atoms with Crippen LogP contribution in [0.25, 0.3) is 0 Å². The van der Waals surface area contributed by atoms with Crippen molar-refractivity contribution in [3.63, 3.8) is 0 Å². The molecule has 2 aromatic rings. The minimum absolute atomic E-state index is 0.589. The van der Waals surface area contributed by atoms with Crippen LogP contribution in [0, 0.1) is 5.41 Å². The summed E-state index contributed by atoms with van der Waals surface area (Å²) in [6.07, 6.45) is 6.82. The van der Waals surface area contributed by atoms with Crippen molar-refractivity contribution < 1.29 is 0 Å². The molecule has 28 heavy (non-hydrogen) atoms. The summed E-state index contributed by atoms with van der Waals surface area (Å²) in [6, 6.07) is 22.4. The lowest BCUT2D eigenvalue weighted by molar-refractivity contribution is -0.114. The van der Waals surface area contributed by atoms with Gasteiger partial charge in [0.25, 0.3) is 0 Å². The van der Waals surface area contributed by atoms with Crippen molar-refractivity contribution in [2.24, 2.45) is 5.41 Å². The molecular formula is C26H34N2. The third kappa shape index (κ3) is 3.11. The van der Waals surface area contributed by atoms with Gasteiger partial charge in [-0.2, -0.15) is 0 Å². The van der Waals surface area contributed by atoms with Crippen LogP contribution >= 0.6 is 0 Å². The summed E-state index contributed by atoms with van der Waals surface area (Å²) in [5.41, 5.74) is 5.26. The van der Waals surface area contributed by atoms with Gasteiger partial charge in [0, 0.05) is 18.1 Å². The number of benzene rings is 2. The maximum atomic E-state index is 3.56. The molecule has 3 aliphatic rings. The monoisotopic (exact) mass is 374 g/mol. The highest BCUT2D eigenvalue weighted by Crippen LogP contribution is 2.59. The van der Waals surface area contributed by atoms with Gasteiger partial charge in [-0.25, -0.2) is 0 Å². The van der Waals surface area contributed by atoms with Crippen LogP contribution in [-0.2, 0) is 0 Å². The van der Waals surface area contributed by atoms with Crippen LogP contribution in [0.5, 0.6) is 0 Å². The van der Waals surface area contributed by atoms with Gasteiger partial charge in [-0.3, -0.25) is 4.90 Å². The SMILES string of the molecule is CC(C)c1ccccc1C1CC(c2ccccc2)N1C1CC2(CCNCC2)C1. The van der Waals surface area contributed by atoms with Crippen LogP contribution in [0.3, 0.4) is 0 Å². The van der Waals surface area contributed by atoms with Gasteiger partial charge in [-0.1, -0.05) is 68.4 Å². The molecule has 2 aromatic carbocycles. The molecule has 1 aliphatic carbocycles. The maximum Gasteiger partial charge on any atom is 0.0378 e. The Bertz CT molecular complexity index is 798. The van der Waals surface area contributed by atoms with Crippen LogP contribution in [0.15, 0.2) is 54.6 Å². The zero-order chi connectivity index (χ0) is 19.1. The molecule has 1 N–H and O–H groups in total. The molecule has 2 unspecified atom stereocenters. The third-order valence-electron chi connectivity index (χ3n) is 7.75. The van der Waals surface area contributed by atoms with Crippen LogP contribution in [0.2, 0.25) is 0 Å². The standard InChI is InChI=1S/C26H34N2/c1-19(2)22-10-6-7-11-23(22)25-16-24(20-8-4-3-5-9-20)28(25)21-17-26(18-21)12-14-27-15-13-26/h3-11,19,21,24-25,27H,12-18H2,1-2H3. The topological polar surface area (TPSA) is 15.3 Å². The van der Waals surface area contributed by atoms with Crippen molar-refractivity contribution in [2.75, 3.05) is 13.1 Å². The van der Waals surface area contributed by atoms with Gasteiger partial charge in [0.2, 0.25) is 0 Å². The van der Waals surface area contributed by atoms with E-state index in [-0.39, 0.29) is 0 Å². The fraction of sp³-hybridized carbons (Fsp3) is 0.538. The van der Waals surface area contributed by atoms with Crippen molar-refractivity contribution in [2.45, 2.75) is 70.0 Å². The normalized spacial score (nSPS) is 27.5. The van der Waals surface area contributed by atoms with E-state index in [1.807, 2.05) is 0 Å². The largest absolute Gasteiger partial charge is 0.317 e. The van der Waals surface area contributed by atoms with Gasteiger partial charge in [0.15, 0.2) is 0 Å². The molecule has 148 valence electrons. The molecule has 2 nitrogen and oxygen atoms in total. The van der Waals surface area contributed by atoms with E-state index in [0.717, 1.165) is 6.04 Å². The Labute approximate surface area is 170 Å². The van der Waals surface area contributed by atoms with Crippen molar-refractivity contribution in [3.8, 4) is 0 Å². The lowest BCUT2D eigenvalue weighted by atomic mass is 9.58. The number of piperidine rings is 1. The molecule has 0 bridgehead atoms. The second-order valence-corrected chi connectivity index (χ2v) is 9.72. The summed E-state index contributed by atoms with van der Waals surface area (Å²) >= 11 is 0. The van der Waals surface area contributed by atoms with E-state index in [4.69, 9.17) is 0 Å². The van der Waals surface area contributed by atoms with Gasteiger partial charge in [0.05, 0.1) is 0 Å². The molecule has 0 radical (unpaired) electrons. The fourth-order valence-electron chi connectivity index (χ4n) is 6.17. The van der Waals surface area contributed by atoms with E-state index < -0.39 is 0 Å². The second-order valence-electron chi connectivity index (χ2n) is 9.72. The Hall–Kier alpha value is -1.64. The van der Waals surface area contributed by atoms with Crippen molar-refractivity contribution >= 4 is 0 Å². The van der Waals surface area contributed by atoms with E-state index in [9.17, 15) is 0 Å². The van der Waals surface area contributed by atoms with Gasteiger partial charge in [-0.15, -0.1) is 0 Å². The van der Waals surface area contributed by atoms with E-state index in [1.165, 1.54) is 50.8 Å². The van der Waals surface area contributed by atoms with Gasteiger partial charge >= 0.3 is 0 Å². The number of rotatable bonds is 4. The zero-order valence-electron chi connectivity index (χ0n) is 17.4. The van der Waals surface area contributed by atoms with Crippen molar-refractivity contribution in [1.82, 2.24) is 10.2 Å². The fourth-order valence-corrected chi connectivity index (χ4v) is 6.17. The smallest absolute Gasteiger partial charge is 0.0378 e. The number of nitrogens with zero attached hydrogens (tertiary/aromatic N) is 1. The summed E-state index contributed by atoms with van der Waals surface area (Å²) < 4.78 is 0. The summed E-state index contributed by atoms with van der Waals surface area (Å²) in [5.74, 6) is 0.589. The van der Waals surface area contributed by atoms with E-state index in [0.29, 0.717) is 23.4 Å². The highest BCUT2D eigenvalue weighted by molar-refractivity contribution is 5.36. The highest BCUT2D eigenvalue weighted by atomic mass is 15.3. The number of hydrogen-bond donors (Lipinski definition) is 1. The van der Waals surface area contributed by atoms with Gasteiger partial charge in [0.1, 0.15) is 0 Å². The van der Waals surface area contributed by atoms with Gasteiger partial charge < -0.3 is 5.32 Å². The van der Waals surface area contributed by atoms with E-state index in [1.54, 1.807) is 11.1 Å². The molecular weight excluding hydrogens is 340 g/mol. The van der Waals surface area contributed by atoms with Crippen LogP contribution < -0.4 is 5.32 Å². The average Bonchev–Trinajstić information content (AvgIpc) is 2.68. The number of likely N-dealkylation sites (tertiary alicyclic amines) is 1. The molecule has 5 rings (SSSR count). The van der Waals surface area contributed by atoms with Crippen LogP contribution in [0.1, 0.15) is 80.6 Å². The molecule has 2 atom stereocenters. The Morgan fingerprint density at radius 3 is 2.29 bits per heavy atom. The Morgan fingerprint density at radius 1 is 0.893 bits per heavy atom. The average molecular weight is 375 g/mol. The number of nitrogens with one attached hydrogen (secondary N) is 1. The summed E-state index contributed by atoms with van der Waals surface area (Å²) in [7, 11) is 0. The van der Waals surface area contributed by atoms with Crippen molar-refractivity contribution in [1.29, 1.82) is 0 Å². The predicted molar refractivity (Wildman–Crippen MR) is 116 cm³/mol. The molecule has 0 aromatic heterocycles. The zero-order valence-corrected chi connectivity index (χ0v) is 17.4. The Balaban J connectivity index is 1.42. The molecule has 1 spiro atoms. The van der Waals surface area contributed by atoms with Crippen LogP contribution in [-0.4, -0.2) is 24.0 Å². The maximum absolute atomic E-state index is 3.56. The van der Waals surface area contributed by atoms with E-state index in [2.05, 4.69) is 78.7 Å². The minimum Gasteiger partial charge on any atom is -0.317 e. The first-order valence-corrected chi connectivity index (χ1v) is 11.3. The molecule has 2 heteroatoms. The van der Waals surface area contributed by atoms with Crippen molar-refractivity contribution in [3.05, 3.63) is 71.3 Å². The predicted octanol–water partition coefficient (Wildman–Crippen LogP) is 5.83. The van der Waals surface area contributed by atoms with Gasteiger partial charge in [-0.05, 0) is 73.2 Å². The summed E-state index contributed by atoms with van der Waals surface area (Å²) in [4.78, 5) is 2.89. The molecule has 2 aliphatic heterocycles. The third-order valence-corrected chi connectivity index (χ3v) is 7.75. The molecule has 2 saturated heterocycles. The summed E-state index contributed by atoms with van der Waals surface area (Å²) in [5, 5.41) is 3.56. The first kappa shape index (κ1) is 18.4. The number of hydrogen-bond acceptors (Lipinski definition) is 2. The Kier molecular flexibility index (Phi) is 4.80. The summed E-state index contributed by atoms with van der Waals surface area (Å²) in [6.45, 7) is 7.11. The first-order chi connectivity index (χ1) is 13.7. The molecule has 2 heterocycles. The molecule has 3 fully saturated rings.